The van der Waals surface area contributed by atoms with E-state index in [-0.39, 0.29) is 11.9 Å². The van der Waals surface area contributed by atoms with E-state index in [1.165, 1.54) is 6.42 Å². The maximum absolute atomic E-state index is 11.8. The second-order valence-electron chi connectivity index (χ2n) is 5.39. The number of aliphatic hydroxyl groups is 1. The molecular weight excluding hydrogens is 260 g/mol. The number of esters is 1. The Morgan fingerprint density at radius 2 is 1.85 bits per heavy atom. The summed E-state index contributed by atoms with van der Waals surface area (Å²) in [5.41, 5.74) is -1.17. The van der Waals surface area contributed by atoms with Crippen LogP contribution in [0.2, 0.25) is 0 Å². The van der Waals surface area contributed by atoms with E-state index in [0.717, 1.165) is 44.6 Å². The number of ether oxygens (including phenoxy) is 1. The van der Waals surface area contributed by atoms with Crippen LogP contribution < -0.4 is 0 Å². The van der Waals surface area contributed by atoms with E-state index in [9.17, 15) is 14.7 Å². The van der Waals surface area contributed by atoms with E-state index in [0.29, 0.717) is 13.0 Å². The first kappa shape index (κ1) is 16.7. The van der Waals surface area contributed by atoms with Gasteiger partial charge in [0.2, 0.25) is 0 Å². The van der Waals surface area contributed by atoms with Gasteiger partial charge in [-0.05, 0) is 38.0 Å². The van der Waals surface area contributed by atoms with Crippen molar-refractivity contribution in [2.45, 2.75) is 57.0 Å². The fourth-order valence-electron chi connectivity index (χ4n) is 2.84. The van der Waals surface area contributed by atoms with E-state index in [4.69, 9.17) is 9.84 Å². The largest absolute Gasteiger partial charge is 0.478 e. The van der Waals surface area contributed by atoms with Gasteiger partial charge in [-0.25, -0.2) is 9.59 Å². The smallest absolute Gasteiger partial charge is 0.338 e. The van der Waals surface area contributed by atoms with Crippen LogP contribution in [-0.4, -0.2) is 34.4 Å². The summed E-state index contributed by atoms with van der Waals surface area (Å²) in [6, 6.07) is 0. The van der Waals surface area contributed by atoms with Gasteiger partial charge in [-0.15, -0.1) is 0 Å². The highest BCUT2D eigenvalue weighted by molar-refractivity contribution is 5.80. The number of hydrogen-bond donors (Lipinski definition) is 2. The molecule has 2 aliphatic rings. The SMILES string of the molecule is C=CC(=O)O.O=C1OCCCCC1(O)C1CCCCC1. The Kier molecular flexibility index (Phi) is 6.71. The molecule has 0 bridgehead atoms. The van der Waals surface area contributed by atoms with Crippen molar-refractivity contribution in [2.75, 3.05) is 6.61 Å². The maximum atomic E-state index is 11.8. The molecule has 1 atom stereocenters. The quantitative estimate of drug-likeness (QED) is 0.600. The number of cyclic esters (lactones) is 1. The molecule has 2 N–H and O–H groups in total. The van der Waals surface area contributed by atoms with Crippen LogP contribution in [0.4, 0.5) is 0 Å². The highest BCUT2D eigenvalue weighted by Gasteiger charge is 2.45. The predicted molar refractivity (Wildman–Crippen MR) is 74.2 cm³/mol. The lowest BCUT2D eigenvalue weighted by Crippen LogP contribution is -2.46. The molecule has 1 unspecified atom stereocenters. The normalized spacial score (nSPS) is 27.6. The summed E-state index contributed by atoms with van der Waals surface area (Å²) in [5, 5.41) is 18.1. The Morgan fingerprint density at radius 1 is 1.25 bits per heavy atom. The van der Waals surface area contributed by atoms with Crippen LogP contribution in [0.3, 0.4) is 0 Å². The summed E-state index contributed by atoms with van der Waals surface area (Å²) in [6.45, 7) is 3.44. The summed E-state index contributed by atoms with van der Waals surface area (Å²) < 4.78 is 5.08. The first-order valence-electron chi connectivity index (χ1n) is 7.25. The molecule has 1 aliphatic carbocycles. The third kappa shape index (κ3) is 4.63. The molecular formula is C15H24O5. The first-order valence-corrected chi connectivity index (χ1v) is 7.25. The fraction of sp³-hybridized carbons (Fsp3) is 0.733. The van der Waals surface area contributed by atoms with Gasteiger partial charge >= 0.3 is 11.9 Å². The van der Waals surface area contributed by atoms with Gasteiger partial charge in [0, 0.05) is 6.08 Å². The lowest BCUT2D eigenvalue weighted by molar-refractivity contribution is -0.171. The zero-order valence-electron chi connectivity index (χ0n) is 11.8. The van der Waals surface area contributed by atoms with Gasteiger partial charge in [0.1, 0.15) is 0 Å². The third-order valence-electron chi connectivity index (χ3n) is 3.99. The van der Waals surface area contributed by atoms with Crippen molar-refractivity contribution >= 4 is 11.9 Å². The summed E-state index contributed by atoms with van der Waals surface area (Å²) in [5.74, 6) is -1.21. The number of carboxylic acids is 1. The molecule has 0 aromatic rings. The van der Waals surface area contributed by atoms with Crippen LogP contribution in [0.5, 0.6) is 0 Å². The number of aliphatic carboxylic acids is 1. The van der Waals surface area contributed by atoms with Gasteiger partial charge in [0.25, 0.3) is 0 Å². The van der Waals surface area contributed by atoms with Gasteiger partial charge in [-0.1, -0.05) is 25.8 Å². The molecule has 0 radical (unpaired) electrons. The minimum absolute atomic E-state index is 0.136. The molecule has 5 heteroatoms. The van der Waals surface area contributed by atoms with Crippen LogP contribution in [0.1, 0.15) is 51.4 Å². The van der Waals surface area contributed by atoms with Gasteiger partial charge in [-0.2, -0.15) is 0 Å². The van der Waals surface area contributed by atoms with Crippen molar-refractivity contribution in [3.05, 3.63) is 12.7 Å². The van der Waals surface area contributed by atoms with Crippen LogP contribution in [0.25, 0.3) is 0 Å². The molecule has 5 nitrogen and oxygen atoms in total. The molecule has 20 heavy (non-hydrogen) atoms. The van der Waals surface area contributed by atoms with Crippen molar-refractivity contribution in [1.29, 1.82) is 0 Å². The topological polar surface area (TPSA) is 83.8 Å². The van der Waals surface area contributed by atoms with Gasteiger partial charge in [-0.3, -0.25) is 0 Å². The second kappa shape index (κ2) is 8.04. The maximum Gasteiger partial charge on any atom is 0.338 e. The molecule has 0 amide bonds. The van der Waals surface area contributed by atoms with Crippen molar-refractivity contribution in [2.24, 2.45) is 5.92 Å². The first-order chi connectivity index (χ1) is 9.50. The minimum Gasteiger partial charge on any atom is -0.478 e. The van der Waals surface area contributed by atoms with Crippen molar-refractivity contribution in [1.82, 2.24) is 0 Å². The van der Waals surface area contributed by atoms with E-state index >= 15 is 0 Å². The van der Waals surface area contributed by atoms with E-state index in [1.54, 1.807) is 0 Å². The summed E-state index contributed by atoms with van der Waals surface area (Å²) >= 11 is 0. The Balaban J connectivity index is 0.000000347. The Hall–Kier alpha value is -1.36. The van der Waals surface area contributed by atoms with Crippen molar-refractivity contribution < 1.29 is 24.5 Å². The lowest BCUT2D eigenvalue weighted by atomic mass is 9.75. The van der Waals surface area contributed by atoms with E-state index < -0.39 is 11.6 Å². The molecule has 2 rings (SSSR count). The molecule has 1 saturated carbocycles. The zero-order valence-corrected chi connectivity index (χ0v) is 11.8. The Bertz CT molecular complexity index is 346. The van der Waals surface area contributed by atoms with Crippen LogP contribution >= 0.6 is 0 Å². The Morgan fingerprint density at radius 3 is 2.40 bits per heavy atom. The summed E-state index contributed by atoms with van der Waals surface area (Å²) in [7, 11) is 0. The molecule has 0 aromatic carbocycles. The van der Waals surface area contributed by atoms with E-state index in [2.05, 4.69) is 6.58 Å². The molecule has 114 valence electrons. The Labute approximate surface area is 119 Å². The number of rotatable bonds is 2. The summed E-state index contributed by atoms with van der Waals surface area (Å²) in [6.07, 6.45) is 8.69. The number of hydrogen-bond acceptors (Lipinski definition) is 4. The standard InChI is InChI=1S/C12H20O3.C3H4O2/c13-11-12(14,8-4-5-9-15-11)10-6-2-1-3-7-10;1-2-3(4)5/h10,14H,1-9H2;2H,1H2,(H,4,5). The fourth-order valence-corrected chi connectivity index (χ4v) is 2.84. The van der Waals surface area contributed by atoms with Crippen LogP contribution in [0, 0.1) is 5.92 Å². The van der Waals surface area contributed by atoms with Gasteiger partial charge in [0.05, 0.1) is 6.61 Å². The molecule has 0 aromatic heterocycles. The monoisotopic (exact) mass is 284 g/mol. The van der Waals surface area contributed by atoms with Gasteiger partial charge in [0.15, 0.2) is 5.60 Å². The zero-order chi connectivity index (χ0) is 15.0. The molecule has 1 aliphatic heterocycles. The molecule has 0 spiro atoms. The van der Waals surface area contributed by atoms with Gasteiger partial charge < -0.3 is 14.9 Å². The molecule has 1 heterocycles. The average molecular weight is 284 g/mol. The third-order valence-corrected chi connectivity index (χ3v) is 3.99. The summed E-state index contributed by atoms with van der Waals surface area (Å²) in [4.78, 5) is 21.0. The predicted octanol–water partition coefficient (Wildman–Crippen LogP) is 2.28. The minimum atomic E-state index is -1.17. The highest BCUT2D eigenvalue weighted by Crippen LogP contribution is 2.37. The van der Waals surface area contributed by atoms with Crippen LogP contribution in [0.15, 0.2) is 12.7 Å². The second-order valence-corrected chi connectivity index (χ2v) is 5.39. The number of carbonyl (C=O) groups excluding carboxylic acids is 1. The number of carboxylic acid groups (broad SMARTS) is 1. The molecule has 1 saturated heterocycles. The lowest BCUT2D eigenvalue weighted by Gasteiger charge is -2.35. The van der Waals surface area contributed by atoms with Crippen LogP contribution in [-0.2, 0) is 14.3 Å². The van der Waals surface area contributed by atoms with Crippen molar-refractivity contribution in [3.8, 4) is 0 Å². The highest BCUT2D eigenvalue weighted by atomic mass is 16.5. The number of carbonyl (C=O) groups is 2. The van der Waals surface area contributed by atoms with Crippen molar-refractivity contribution in [3.63, 3.8) is 0 Å². The van der Waals surface area contributed by atoms with E-state index in [1.807, 2.05) is 0 Å². The average Bonchev–Trinajstić information content (AvgIpc) is 2.64. The molecule has 2 fully saturated rings.